The van der Waals surface area contributed by atoms with Crippen molar-refractivity contribution in [3.63, 3.8) is 0 Å². The molecule has 7 heteroatoms. The van der Waals surface area contributed by atoms with Crippen molar-refractivity contribution in [1.29, 1.82) is 0 Å². The lowest BCUT2D eigenvalue weighted by Gasteiger charge is -2.15. The van der Waals surface area contributed by atoms with Crippen LogP contribution in [0.4, 0.5) is 10.2 Å². The van der Waals surface area contributed by atoms with E-state index in [-0.39, 0.29) is 17.4 Å². The van der Waals surface area contributed by atoms with Gasteiger partial charge in [-0.2, -0.15) is 0 Å². The first-order chi connectivity index (χ1) is 10.0. The summed E-state index contributed by atoms with van der Waals surface area (Å²) in [5.74, 6) is 3.67. The smallest absolute Gasteiger partial charge is 0.254 e. The zero-order valence-electron chi connectivity index (χ0n) is 11.2. The third kappa shape index (κ3) is 3.56. The number of anilines is 1. The van der Waals surface area contributed by atoms with Crippen molar-refractivity contribution in [3.8, 4) is 0 Å². The van der Waals surface area contributed by atoms with Gasteiger partial charge in [0.1, 0.15) is 0 Å². The molecule has 0 aliphatic heterocycles. The Bertz CT molecular complexity index is 648. The lowest BCUT2D eigenvalue weighted by atomic mass is 10.1. The Labute approximate surface area is 129 Å². The number of aromatic nitrogens is 1. The van der Waals surface area contributed by atoms with Gasteiger partial charge < -0.3 is 10.7 Å². The third-order valence-corrected chi connectivity index (χ3v) is 3.52. The van der Waals surface area contributed by atoms with E-state index in [0.717, 1.165) is 10.0 Å². The number of nitrogens with one attached hydrogen (secondary N) is 2. The van der Waals surface area contributed by atoms with Crippen molar-refractivity contribution in [2.75, 3.05) is 5.43 Å². The molecule has 2 rings (SSSR count). The van der Waals surface area contributed by atoms with E-state index in [1.807, 2.05) is 31.2 Å². The standard InChI is InChI=1S/C14H14BrFN4O/c1-8(9-2-4-10(15)5-3-9)19-14(21)11-6-7-18-13(20-17)12(11)16/h2-8H,17H2,1H3,(H,18,20)(H,19,21). The first-order valence-electron chi connectivity index (χ1n) is 6.20. The van der Waals surface area contributed by atoms with Gasteiger partial charge in [0, 0.05) is 10.7 Å². The molecule has 0 aliphatic carbocycles. The van der Waals surface area contributed by atoms with Crippen LogP contribution in [0.2, 0.25) is 0 Å². The number of pyridine rings is 1. The maximum atomic E-state index is 14.0. The largest absolute Gasteiger partial charge is 0.345 e. The second-order valence-corrected chi connectivity index (χ2v) is 5.33. The van der Waals surface area contributed by atoms with Gasteiger partial charge in [-0.15, -0.1) is 0 Å². The maximum absolute atomic E-state index is 14.0. The summed E-state index contributed by atoms with van der Waals surface area (Å²) < 4.78 is 14.9. The number of benzene rings is 1. The molecule has 1 atom stereocenters. The summed E-state index contributed by atoms with van der Waals surface area (Å²) in [4.78, 5) is 15.8. The number of hydrogen-bond donors (Lipinski definition) is 3. The Morgan fingerprint density at radius 1 is 1.33 bits per heavy atom. The lowest BCUT2D eigenvalue weighted by molar-refractivity contribution is 0.0936. The van der Waals surface area contributed by atoms with Gasteiger partial charge in [0.05, 0.1) is 11.6 Å². The number of amides is 1. The monoisotopic (exact) mass is 352 g/mol. The number of hydrazine groups is 1. The Morgan fingerprint density at radius 2 is 2.00 bits per heavy atom. The van der Waals surface area contributed by atoms with E-state index in [1.165, 1.54) is 12.3 Å². The van der Waals surface area contributed by atoms with Crippen LogP contribution in [0.3, 0.4) is 0 Å². The van der Waals surface area contributed by atoms with E-state index in [1.54, 1.807) is 0 Å². The number of nitrogens with two attached hydrogens (primary N) is 1. The number of carbonyl (C=O) groups excluding carboxylic acids is 1. The van der Waals surface area contributed by atoms with E-state index < -0.39 is 11.7 Å². The molecular weight excluding hydrogens is 339 g/mol. The molecule has 5 nitrogen and oxygen atoms in total. The highest BCUT2D eigenvalue weighted by molar-refractivity contribution is 9.10. The molecule has 2 aromatic rings. The van der Waals surface area contributed by atoms with E-state index in [9.17, 15) is 9.18 Å². The number of nitrogen functional groups attached to an aromatic ring is 1. The molecular formula is C14H14BrFN4O. The van der Waals surface area contributed by atoms with Crippen LogP contribution in [0, 0.1) is 5.82 Å². The van der Waals surface area contributed by atoms with Crippen molar-refractivity contribution in [1.82, 2.24) is 10.3 Å². The predicted molar refractivity (Wildman–Crippen MR) is 82.0 cm³/mol. The van der Waals surface area contributed by atoms with Crippen LogP contribution in [0.25, 0.3) is 0 Å². The van der Waals surface area contributed by atoms with E-state index in [0.29, 0.717) is 0 Å². The van der Waals surface area contributed by atoms with Gasteiger partial charge in [-0.25, -0.2) is 15.2 Å². The molecule has 0 bridgehead atoms. The highest BCUT2D eigenvalue weighted by Crippen LogP contribution is 2.18. The van der Waals surface area contributed by atoms with Crippen LogP contribution in [0.15, 0.2) is 41.0 Å². The molecule has 110 valence electrons. The third-order valence-electron chi connectivity index (χ3n) is 2.99. The number of nitrogens with zero attached hydrogens (tertiary/aromatic N) is 1. The minimum Gasteiger partial charge on any atom is -0.345 e. The van der Waals surface area contributed by atoms with Crippen molar-refractivity contribution >= 4 is 27.7 Å². The molecule has 1 aromatic heterocycles. The number of carbonyl (C=O) groups is 1. The van der Waals surface area contributed by atoms with E-state index >= 15 is 0 Å². The first-order valence-corrected chi connectivity index (χ1v) is 6.99. The second kappa shape index (κ2) is 6.64. The fourth-order valence-corrected chi connectivity index (χ4v) is 2.09. The summed E-state index contributed by atoms with van der Waals surface area (Å²) in [6.45, 7) is 1.82. The van der Waals surface area contributed by atoms with Crippen molar-refractivity contribution in [2.45, 2.75) is 13.0 Å². The van der Waals surface area contributed by atoms with Gasteiger partial charge in [0.2, 0.25) is 0 Å². The van der Waals surface area contributed by atoms with Crippen LogP contribution < -0.4 is 16.6 Å². The average molecular weight is 353 g/mol. The number of halogens is 2. The van der Waals surface area contributed by atoms with Crippen LogP contribution in [-0.2, 0) is 0 Å². The summed E-state index contributed by atoms with van der Waals surface area (Å²) in [6.07, 6.45) is 1.32. The van der Waals surface area contributed by atoms with Crippen molar-refractivity contribution in [2.24, 2.45) is 5.84 Å². The summed E-state index contributed by atoms with van der Waals surface area (Å²) in [7, 11) is 0. The van der Waals surface area contributed by atoms with Crippen LogP contribution in [-0.4, -0.2) is 10.9 Å². The average Bonchev–Trinajstić information content (AvgIpc) is 2.48. The summed E-state index contributed by atoms with van der Waals surface area (Å²) in [5, 5.41) is 2.73. The fourth-order valence-electron chi connectivity index (χ4n) is 1.83. The van der Waals surface area contributed by atoms with Crippen LogP contribution in [0.1, 0.15) is 28.9 Å². The zero-order chi connectivity index (χ0) is 15.4. The highest BCUT2D eigenvalue weighted by atomic mass is 79.9. The normalized spacial score (nSPS) is 11.8. The van der Waals surface area contributed by atoms with Crippen LogP contribution >= 0.6 is 15.9 Å². The zero-order valence-corrected chi connectivity index (χ0v) is 12.8. The molecule has 21 heavy (non-hydrogen) atoms. The molecule has 1 unspecified atom stereocenters. The quantitative estimate of drug-likeness (QED) is 0.583. The number of rotatable bonds is 4. The topological polar surface area (TPSA) is 80.0 Å². The minimum atomic E-state index is -0.777. The second-order valence-electron chi connectivity index (χ2n) is 4.41. The van der Waals surface area contributed by atoms with E-state index in [2.05, 4.69) is 31.7 Å². The van der Waals surface area contributed by atoms with Gasteiger partial charge in [-0.3, -0.25) is 4.79 Å². The molecule has 0 spiro atoms. The molecule has 0 saturated heterocycles. The van der Waals surface area contributed by atoms with E-state index in [4.69, 9.17) is 5.84 Å². The molecule has 1 heterocycles. The van der Waals surface area contributed by atoms with Crippen molar-refractivity contribution in [3.05, 3.63) is 57.9 Å². The molecule has 0 aliphatic rings. The molecule has 0 fully saturated rings. The van der Waals surface area contributed by atoms with Gasteiger partial charge in [-0.1, -0.05) is 28.1 Å². The first kappa shape index (κ1) is 15.4. The van der Waals surface area contributed by atoms with Gasteiger partial charge in [0.15, 0.2) is 11.6 Å². The Morgan fingerprint density at radius 3 is 2.62 bits per heavy atom. The fraction of sp³-hybridized carbons (Fsp3) is 0.143. The van der Waals surface area contributed by atoms with Gasteiger partial charge in [-0.05, 0) is 30.7 Å². The molecule has 0 saturated carbocycles. The Hall–Kier alpha value is -1.99. The number of hydrogen-bond acceptors (Lipinski definition) is 4. The van der Waals surface area contributed by atoms with Crippen LogP contribution in [0.5, 0.6) is 0 Å². The van der Waals surface area contributed by atoms with Gasteiger partial charge >= 0.3 is 0 Å². The molecule has 1 aromatic carbocycles. The Balaban J connectivity index is 2.16. The lowest BCUT2D eigenvalue weighted by Crippen LogP contribution is -2.28. The summed E-state index contributed by atoms with van der Waals surface area (Å²) >= 11 is 3.34. The maximum Gasteiger partial charge on any atom is 0.254 e. The molecule has 4 N–H and O–H groups in total. The summed E-state index contributed by atoms with van der Waals surface area (Å²) in [5.41, 5.74) is 2.92. The van der Waals surface area contributed by atoms with Crippen molar-refractivity contribution < 1.29 is 9.18 Å². The van der Waals surface area contributed by atoms with Gasteiger partial charge in [0.25, 0.3) is 5.91 Å². The molecule has 1 amide bonds. The Kier molecular flexibility index (Phi) is 4.87. The molecule has 0 radical (unpaired) electrons. The minimum absolute atomic E-state index is 0.109. The summed E-state index contributed by atoms with van der Waals surface area (Å²) in [6, 6.07) is 8.56. The predicted octanol–water partition coefficient (Wildman–Crippen LogP) is 2.76. The highest BCUT2D eigenvalue weighted by Gasteiger charge is 2.17. The SMILES string of the molecule is CC(NC(=O)c1ccnc(NN)c1F)c1ccc(Br)cc1.